The normalized spacial score (nSPS) is 15.2. The SMILES string of the molecule is Cc1nc(-c2cccc(Cl)c2)c(C(=O)N2CCCCC2)s1. The van der Waals surface area contributed by atoms with Crippen LogP contribution in [0.25, 0.3) is 11.3 Å². The maximum atomic E-state index is 12.8. The van der Waals surface area contributed by atoms with E-state index in [1.165, 1.54) is 17.8 Å². The third kappa shape index (κ3) is 3.11. The second-order valence-electron chi connectivity index (χ2n) is 5.27. The maximum Gasteiger partial charge on any atom is 0.266 e. The number of aromatic nitrogens is 1. The first kappa shape index (κ1) is 14.5. The molecule has 3 nitrogen and oxygen atoms in total. The quantitative estimate of drug-likeness (QED) is 0.821. The van der Waals surface area contributed by atoms with Crippen molar-refractivity contribution in [2.75, 3.05) is 13.1 Å². The lowest BCUT2D eigenvalue weighted by molar-refractivity contribution is 0.0730. The summed E-state index contributed by atoms with van der Waals surface area (Å²) in [6.45, 7) is 3.64. The molecule has 0 N–H and O–H groups in total. The molecule has 1 aromatic heterocycles. The summed E-state index contributed by atoms with van der Waals surface area (Å²) in [4.78, 5) is 20.0. The minimum atomic E-state index is 0.107. The average molecular weight is 321 g/mol. The van der Waals surface area contributed by atoms with Crippen molar-refractivity contribution < 1.29 is 4.79 Å². The van der Waals surface area contributed by atoms with Crippen LogP contribution in [0.15, 0.2) is 24.3 Å². The number of aryl methyl sites for hydroxylation is 1. The lowest BCUT2D eigenvalue weighted by atomic mass is 10.1. The van der Waals surface area contributed by atoms with Crippen molar-refractivity contribution in [1.29, 1.82) is 0 Å². The summed E-state index contributed by atoms with van der Waals surface area (Å²) in [6, 6.07) is 7.54. The number of hydrogen-bond acceptors (Lipinski definition) is 3. The molecule has 5 heteroatoms. The highest BCUT2D eigenvalue weighted by molar-refractivity contribution is 7.14. The molecule has 0 saturated carbocycles. The van der Waals surface area contributed by atoms with Gasteiger partial charge in [0.15, 0.2) is 0 Å². The highest BCUT2D eigenvalue weighted by Gasteiger charge is 2.24. The molecule has 0 aliphatic carbocycles. The lowest BCUT2D eigenvalue weighted by Crippen LogP contribution is -2.35. The van der Waals surface area contributed by atoms with Crippen molar-refractivity contribution in [1.82, 2.24) is 9.88 Å². The van der Waals surface area contributed by atoms with Crippen molar-refractivity contribution in [3.8, 4) is 11.3 Å². The summed E-state index contributed by atoms with van der Waals surface area (Å²) in [5.74, 6) is 0.107. The van der Waals surface area contributed by atoms with Crippen LogP contribution in [0.5, 0.6) is 0 Å². The van der Waals surface area contributed by atoms with Crippen LogP contribution in [0.3, 0.4) is 0 Å². The molecule has 0 spiro atoms. The van der Waals surface area contributed by atoms with Gasteiger partial charge in [-0.2, -0.15) is 0 Å². The topological polar surface area (TPSA) is 33.2 Å². The van der Waals surface area contributed by atoms with Gasteiger partial charge in [-0.25, -0.2) is 4.98 Å². The molecule has 0 radical (unpaired) electrons. The Balaban J connectivity index is 1.97. The summed E-state index contributed by atoms with van der Waals surface area (Å²) >= 11 is 7.53. The fourth-order valence-electron chi connectivity index (χ4n) is 2.64. The molecule has 1 aromatic carbocycles. The van der Waals surface area contributed by atoms with E-state index in [-0.39, 0.29) is 5.91 Å². The van der Waals surface area contributed by atoms with Crippen LogP contribution in [-0.2, 0) is 0 Å². The Kier molecular flexibility index (Phi) is 4.27. The number of thiazole rings is 1. The zero-order chi connectivity index (χ0) is 14.8. The van der Waals surface area contributed by atoms with Crippen molar-refractivity contribution in [2.24, 2.45) is 0 Å². The zero-order valence-corrected chi connectivity index (χ0v) is 13.5. The van der Waals surface area contributed by atoms with Crippen LogP contribution in [0.1, 0.15) is 33.9 Å². The largest absolute Gasteiger partial charge is 0.338 e. The molecule has 1 aliphatic rings. The fraction of sp³-hybridized carbons (Fsp3) is 0.375. The molecule has 1 fully saturated rings. The van der Waals surface area contributed by atoms with Crippen molar-refractivity contribution in [2.45, 2.75) is 26.2 Å². The van der Waals surface area contributed by atoms with Crippen molar-refractivity contribution >= 4 is 28.8 Å². The van der Waals surface area contributed by atoms with E-state index < -0.39 is 0 Å². The van der Waals surface area contributed by atoms with E-state index >= 15 is 0 Å². The molecule has 0 unspecified atom stereocenters. The molecule has 0 atom stereocenters. The number of carbonyl (C=O) groups is 1. The number of piperidine rings is 1. The number of carbonyl (C=O) groups excluding carboxylic acids is 1. The minimum Gasteiger partial charge on any atom is -0.338 e. The van der Waals surface area contributed by atoms with Crippen LogP contribution in [0, 0.1) is 6.92 Å². The number of nitrogens with zero attached hydrogens (tertiary/aromatic N) is 2. The van der Waals surface area contributed by atoms with Crippen molar-refractivity contribution in [3.05, 3.63) is 39.2 Å². The fourth-order valence-corrected chi connectivity index (χ4v) is 3.74. The van der Waals surface area contributed by atoms with E-state index in [1.54, 1.807) is 0 Å². The molecule has 0 bridgehead atoms. The van der Waals surface area contributed by atoms with E-state index in [4.69, 9.17) is 11.6 Å². The second-order valence-corrected chi connectivity index (χ2v) is 6.91. The molecule has 1 saturated heterocycles. The van der Waals surface area contributed by atoms with E-state index in [2.05, 4.69) is 4.98 Å². The molecular formula is C16H17ClN2OS. The first-order valence-corrected chi connectivity index (χ1v) is 8.37. The third-order valence-corrected chi connectivity index (χ3v) is 4.86. The van der Waals surface area contributed by atoms with Gasteiger partial charge < -0.3 is 4.90 Å². The van der Waals surface area contributed by atoms with Crippen LogP contribution in [0.4, 0.5) is 0 Å². The Morgan fingerprint density at radius 2 is 2.05 bits per heavy atom. The average Bonchev–Trinajstić information content (AvgIpc) is 2.89. The van der Waals surface area contributed by atoms with Crippen molar-refractivity contribution in [3.63, 3.8) is 0 Å². The molecule has 1 amide bonds. The Labute approximate surface area is 133 Å². The predicted octanol–water partition coefficient (Wildman–Crippen LogP) is 4.40. The van der Waals surface area contributed by atoms with Gasteiger partial charge in [-0.05, 0) is 38.3 Å². The summed E-state index contributed by atoms with van der Waals surface area (Å²) in [5, 5.41) is 1.57. The second kappa shape index (κ2) is 6.16. The van der Waals surface area contributed by atoms with Crippen LogP contribution in [-0.4, -0.2) is 28.9 Å². The van der Waals surface area contributed by atoms with Crippen LogP contribution in [0.2, 0.25) is 5.02 Å². The smallest absolute Gasteiger partial charge is 0.266 e. The standard InChI is InChI=1S/C16H17ClN2OS/c1-11-18-14(12-6-5-7-13(17)10-12)15(21-11)16(20)19-8-3-2-4-9-19/h5-7,10H,2-4,8-9H2,1H3. The molecule has 110 valence electrons. The Morgan fingerprint density at radius 3 is 2.76 bits per heavy atom. The van der Waals surface area contributed by atoms with Gasteiger partial charge >= 0.3 is 0 Å². The number of rotatable bonds is 2. The number of benzene rings is 1. The molecule has 1 aliphatic heterocycles. The maximum absolute atomic E-state index is 12.8. The van der Waals surface area contributed by atoms with E-state index in [9.17, 15) is 4.79 Å². The number of amides is 1. The van der Waals surface area contributed by atoms with Gasteiger partial charge in [0.2, 0.25) is 0 Å². The number of likely N-dealkylation sites (tertiary alicyclic amines) is 1. The van der Waals surface area contributed by atoms with Gasteiger partial charge in [-0.1, -0.05) is 23.7 Å². The Hall–Kier alpha value is -1.39. The zero-order valence-electron chi connectivity index (χ0n) is 11.9. The molecule has 2 heterocycles. The number of halogens is 1. The van der Waals surface area contributed by atoms with Gasteiger partial charge in [-0.3, -0.25) is 4.79 Å². The minimum absolute atomic E-state index is 0.107. The monoisotopic (exact) mass is 320 g/mol. The predicted molar refractivity (Wildman–Crippen MR) is 87.1 cm³/mol. The lowest BCUT2D eigenvalue weighted by Gasteiger charge is -2.26. The summed E-state index contributed by atoms with van der Waals surface area (Å²) in [6.07, 6.45) is 3.40. The van der Waals surface area contributed by atoms with E-state index in [0.717, 1.165) is 47.1 Å². The highest BCUT2D eigenvalue weighted by atomic mass is 35.5. The molecule has 21 heavy (non-hydrogen) atoms. The van der Waals surface area contributed by atoms with Gasteiger partial charge in [0.05, 0.1) is 10.7 Å². The molecule has 3 rings (SSSR count). The Morgan fingerprint density at radius 1 is 1.29 bits per heavy atom. The first-order chi connectivity index (χ1) is 10.1. The number of hydrogen-bond donors (Lipinski definition) is 0. The van der Waals surface area contributed by atoms with Gasteiger partial charge in [0.1, 0.15) is 4.88 Å². The van der Waals surface area contributed by atoms with Gasteiger partial charge in [0.25, 0.3) is 5.91 Å². The highest BCUT2D eigenvalue weighted by Crippen LogP contribution is 2.31. The van der Waals surface area contributed by atoms with Crippen LogP contribution >= 0.6 is 22.9 Å². The van der Waals surface area contributed by atoms with Gasteiger partial charge in [-0.15, -0.1) is 11.3 Å². The molecule has 2 aromatic rings. The first-order valence-electron chi connectivity index (χ1n) is 7.18. The summed E-state index contributed by atoms with van der Waals surface area (Å²) in [5.41, 5.74) is 1.67. The van der Waals surface area contributed by atoms with E-state index in [1.807, 2.05) is 36.1 Å². The Bertz CT molecular complexity index is 662. The summed E-state index contributed by atoms with van der Waals surface area (Å²) < 4.78 is 0. The van der Waals surface area contributed by atoms with Gasteiger partial charge in [0, 0.05) is 23.7 Å². The summed E-state index contributed by atoms with van der Waals surface area (Å²) in [7, 11) is 0. The van der Waals surface area contributed by atoms with Crippen LogP contribution < -0.4 is 0 Å². The third-order valence-electron chi connectivity index (χ3n) is 3.67. The van der Waals surface area contributed by atoms with E-state index in [0.29, 0.717) is 5.02 Å². The molecular weight excluding hydrogens is 304 g/mol.